The van der Waals surface area contributed by atoms with Gasteiger partial charge in [0.1, 0.15) is 17.3 Å². The van der Waals surface area contributed by atoms with E-state index < -0.39 is 0 Å². The maximum Gasteiger partial charge on any atom is 0.258 e. The molecule has 0 unspecified atom stereocenters. The lowest BCUT2D eigenvalue weighted by molar-refractivity contribution is -0.112. The van der Waals surface area contributed by atoms with E-state index in [0.717, 1.165) is 24.0 Å². The molecule has 148 valence electrons. The summed E-state index contributed by atoms with van der Waals surface area (Å²) in [5.74, 6) is 0.706. The lowest BCUT2D eigenvalue weighted by Crippen LogP contribution is -2.16. The lowest BCUT2D eigenvalue weighted by Gasteiger charge is -2.09. The third-order valence-corrected chi connectivity index (χ3v) is 4.16. The molecule has 1 fully saturated rings. The van der Waals surface area contributed by atoms with Gasteiger partial charge in [-0.2, -0.15) is 0 Å². The van der Waals surface area contributed by atoms with Crippen LogP contribution in [0.5, 0.6) is 5.75 Å². The zero-order valence-electron chi connectivity index (χ0n) is 16.4. The number of nitrogens with zero attached hydrogens (tertiary/aromatic N) is 3. The first kappa shape index (κ1) is 20.1. The monoisotopic (exact) mass is 390 g/mol. The number of hydrogen-bond acceptors (Lipinski definition) is 6. The average Bonchev–Trinajstić information content (AvgIpc) is 3.52. The number of pyridine rings is 1. The molecule has 29 heavy (non-hydrogen) atoms. The summed E-state index contributed by atoms with van der Waals surface area (Å²) in [6.07, 6.45) is 7.01. The van der Waals surface area contributed by atoms with Gasteiger partial charge in [-0.25, -0.2) is 4.98 Å². The molecule has 1 N–H and O–H groups in total. The van der Waals surface area contributed by atoms with Crippen molar-refractivity contribution in [1.82, 2.24) is 4.98 Å². The van der Waals surface area contributed by atoms with Crippen LogP contribution in [0.3, 0.4) is 0 Å². The van der Waals surface area contributed by atoms with E-state index in [9.17, 15) is 9.70 Å². The molecule has 0 spiro atoms. The van der Waals surface area contributed by atoms with E-state index in [4.69, 9.17) is 4.74 Å². The minimum atomic E-state index is -0.315. The summed E-state index contributed by atoms with van der Waals surface area (Å²) < 4.78 is 5.78. The summed E-state index contributed by atoms with van der Waals surface area (Å²) >= 11 is 0. The Morgan fingerprint density at radius 2 is 2.07 bits per heavy atom. The molecule has 0 atom stereocenters. The molecule has 7 heteroatoms. The molecule has 0 radical (unpaired) electrons. The first-order valence-corrected chi connectivity index (χ1v) is 9.27. The van der Waals surface area contributed by atoms with Crippen LogP contribution in [-0.2, 0) is 4.79 Å². The second kappa shape index (κ2) is 9.05. The van der Waals surface area contributed by atoms with Crippen molar-refractivity contribution in [2.24, 2.45) is 10.2 Å². The first-order valence-electron chi connectivity index (χ1n) is 9.27. The molecule has 0 saturated heterocycles. The fraction of sp³-hybridized carbons (Fsp3) is 0.227. The minimum absolute atomic E-state index is 0.217. The number of nitroso groups, excluding NO2 is 1. The number of anilines is 1. The van der Waals surface area contributed by atoms with Crippen molar-refractivity contribution >= 4 is 23.6 Å². The van der Waals surface area contributed by atoms with Gasteiger partial charge in [-0.1, -0.05) is 12.7 Å². The van der Waals surface area contributed by atoms with Crippen LogP contribution >= 0.6 is 0 Å². The highest BCUT2D eigenvalue weighted by Gasteiger charge is 2.24. The Kier molecular flexibility index (Phi) is 6.29. The van der Waals surface area contributed by atoms with Gasteiger partial charge >= 0.3 is 0 Å². The molecule has 3 rings (SSSR count). The van der Waals surface area contributed by atoms with Crippen LogP contribution in [-0.4, -0.2) is 23.2 Å². The van der Waals surface area contributed by atoms with Gasteiger partial charge in [0, 0.05) is 29.7 Å². The lowest BCUT2D eigenvalue weighted by atomic mass is 10.1. The molecule has 0 bridgehead atoms. The molecule has 0 aliphatic heterocycles. The predicted octanol–water partition coefficient (Wildman–Crippen LogP) is 5.18. The van der Waals surface area contributed by atoms with E-state index >= 15 is 0 Å². The van der Waals surface area contributed by atoms with Crippen LogP contribution < -0.4 is 10.1 Å². The summed E-state index contributed by atoms with van der Waals surface area (Å²) in [4.78, 5) is 31.7. The third kappa shape index (κ3) is 5.68. The van der Waals surface area contributed by atoms with Crippen LogP contribution in [0.4, 0.5) is 11.5 Å². The van der Waals surface area contributed by atoms with Crippen LogP contribution in [0.25, 0.3) is 11.1 Å². The number of allylic oxidation sites excluding steroid dienone is 2. The molecule has 1 saturated carbocycles. The van der Waals surface area contributed by atoms with Crippen molar-refractivity contribution in [3.63, 3.8) is 0 Å². The summed E-state index contributed by atoms with van der Waals surface area (Å²) in [5, 5.41) is 5.76. The Morgan fingerprint density at radius 3 is 2.66 bits per heavy atom. The number of amides is 1. The molecule has 1 aromatic heterocycles. The quantitative estimate of drug-likeness (QED) is 0.382. The zero-order valence-corrected chi connectivity index (χ0v) is 16.4. The summed E-state index contributed by atoms with van der Waals surface area (Å²) in [7, 11) is 0. The summed E-state index contributed by atoms with van der Waals surface area (Å²) in [6, 6.07) is 8.66. The molecule has 1 aliphatic rings. The van der Waals surface area contributed by atoms with E-state index in [1.807, 2.05) is 12.1 Å². The van der Waals surface area contributed by atoms with Crippen LogP contribution in [0.1, 0.15) is 26.7 Å². The largest absolute Gasteiger partial charge is 0.490 e. The van der Waals surface area contributed by atoms with Gasteiger partial charge in [-0.3, -0.25) is 9.79 Å². The Hall–Kier alpha value is -3.61. The first-order chi connectivity index (χ1) is 14.0. The molecule has 1 aliphatic carbocycles. The fourth-order valence-electron chi connectivity index (χ4n) is 2.52. The second-order valence-corrected chi connectivity index (χ2v) is 6.75. The van der Waals surface area contributed by atoms with Crippen molar-refractivity contribution in [2.45, 2.75) is 32.8 Å². The molecule has 1 amide bonds. The van der Waals surface area contributed by atoms with Gasteiger partial charge in [0.25, 0.3) is 5.91 Å². The van der Waals surface area contributed by atoms with Gasteiger partial charge in [0.05, 0.1) is 11.7 Å². The van der Waals surface area contributed by atoms with Crippen molar-refractivity contribution < 1.29 is 9.53 Å². The van der Waals surface area contributed by atoms with Crippen molar-refractivity contribution in [1.29, 1.82) is 0 Å². The van der Waals surface area contributed by atoms with E-state index in [-0.39, 0.29) is 12.0 Å². The Balaban J connectivity index is 1.75. The van der Waals surface area contributed by atoms with Crippen molar-refractivity contribution in [3.8, 4) is 16.9 Å². The number of aromatic nitrogens is 1. The number of carbonyl (C=O) groups excluding carboxylic acids is 1. The smallest absolute Gasteiger partial charge is 0.258 e. The fourth-order valence-corrected chi connectivity index (χ4v) is 2.52. The Bertz CT molecular complexity index is 990. The topological polar surface area (TPSA) is 93.0 Å². The standard InChI is InChI=1S/C22H22N4O3/c1-4-15(12-23-14(2)3)22(27)25-21-8-5-16(13-24-21)17-9-18(26-28)11-20(10-17)29-19-6-7-19/h4-5,8-13,19H,2,6-7H2,1,3H3,(H,24,25,27)/b15-4+,23-12-. The van der Waals surface area contributed by atoms with Gasteiger partial charge in [-0.05, 0) is 61.7 Å². The van der Waals surface area contributed by atoms with Gasteiger partial charge in [-0.15, -0.1) is 4.91 Å². The van der Waals surface area contributed by atoms with Crippen molar-refractivity contribution in [3.05, 3.63) is 65.4 Å². The number of benzene rings is 1. The third-order valence-electron chi connectivity index (χ3n) is 4.16. The van der Waals surface area contributed by atoms with Gasteiger partial charge in [0.15, 0.2) is 0 Å². The maximum absolute atomic E-state index is 12.3. The molecule has 7 nitrogen and oxygen atoms in total. The highest BCUT2D eigenvalue weighted by Crippen LogP contribution is 2.33. The molecule has 1 heterocycles. The van der Waals surface area contributed by atoms with Gasteiger partial charge < -0.3 is 10.1 Å². The average molecular weight is 390 g/mol. The number of nitrogens with one attached hydrogen (secondary N) is 1. The molecule has 2 aromatic rings. The second-order valence-electron chi connectivity index (χ2n) is 6.75. The number of hydrogen-bond donors (Lipinski definition) is 1. The highest BCUT2D eigenvalue weighted by molar-refractivity contribution is 6.17. The minimum Gasteiger partial charge on any atom is -0.490 e. The van der Waals surface area contributed by atoms with Crippen molar-refractivity contribution in [2.75, 3.05) is 5.32 Å². The Morgan fingerprint density at radius 1 is 1.28 bits per heavy atom. The van der Waals surface area contributed by atoms with Crippen LogP contribution in [0.2, 0.25) is 0 Å². The highest BCUT2D eigenvalue weighted by atomic mass is 16.5. The molecular weight excluding hydrogens is 368 g/mol. The molecule has 1 aromatic carbocycles. The number of ether oxygens (including phenoxy) is 1. The normalized spacial score (nSPS) is 13.9. The Labute approximate surface area is 169 Å². The summed E-state index contributed by atoms with van der Waals surface area (Å²) in [6.45, 7) is 7.18. The van der Waals surface area contributed by atoms with Crippen LogP contribution in [0, 0.1) is 4.91 Å². The molecular formula is C22H22N4O3. The van der Waals surface area contributed by atoms with E-state index in [0.29, 0.717) is 28.5 Å². The zero-order chi connectivity index (χ0) is 20.8. The van der Waals surface area contributed by atoms with E-state index in [1.54, 1.807) is 44.3 Å². The predicted molar refractivity (Wildman–Crippen MR) is 114 cm³/mol. The van der Waals surface area contributed by atoms with Gasteiger partial charge in [0.2, 0.25) is 0 Å². The van der Waals surface area contributed by atoms with E-state index in [1.165, 1.54) is 6.21 Å². The van der Waals surface area contributed by atoms with Crippen LogP contribution in [0.15, 0.2) is 70.6 Å². The van der Waals surface area contributed by atoms with E-state index in [2.05, 4.69) is 27.0 Å². The SMILES string of the molecule is C=C(C)/N=C\C(=C/C)C(=O)Nc1ccc(-c2cc(N=O)cc(OC3CC3)c2)cn1. The number of rotatable bonds is 8. The number of carbonyl (C=O) groups is 1. The maximum atomic E-state index is 12.3. The summed E-state index contributed by atoms with van der Waals surface area (Å²) in [5.41, 5.74) is 2.86. The number of aliphatic imine (C=N–C) groups is 1.